The number of carboxylic acid groups (broad SMARTS) is 1. The third-order valence-electron chi connectivity index (χ3n) is 2.75. The highest BCUT2D eigenvalue weighted by Gasteiger charge is 2.21. The van der Waals surface area contributed by atoms with Crippen molar-refractivity contribution in [2.75, 3.05) is 13.6 Å². The monoisotopic (exact) mass is 271 g/mol. The molecule has 1 aromatic rings. The van der Waals surface area contributed by atoms with Gasteiger partial charge in [0.15, 0.2) is 0 Å². The zero-order valence-corrected chi connectivity index (χ0v) is 11.2. The van der Waals surface area contributed by atoms with Crippen molar-refractivity contribution in [1.29, 1.82) is 0 Å². The fraction of sp³-hybridized carbons (Fsp3) is 0.417. The molecule has 5 nitrogen and oxygen atoms in total. The van der Waals surface area contributed by atoms with Gasteiger partial charge in [0.05, 0.1) is 10.8 Å². The fourth-order valence-corrected chi connectivity index (χ4v) is 2.60. The highest BCUT2D eigenvalue weighted by atomic mass is 32.2. The van der Waals surface area contributed by atoms with Gasteiger partial charge >= 0.3 is 5.97 Å². The molecule has 1 N–H and O–H groups in total. The van der Waals surface area contributed by atoms with Gasteiger partial charge in [-0.05, 0) is 18.6 Å². The smallest absolute Gasteiger partial charge is 0.306 e. The van der Waals surface area contributed by atoms with Crippen LogP contribution in [0.1, 0.15) is 13.3 Å². The maximum absolute atomic E-state index is 12.1. The van der Waals surface area contributed by atoms with E-state index in [0.717, 1.165) is 0 Å². The lowest BCUT2D eigenvalue weighted by molar-refractivity contribution is -0.141. The summed E-state index contributed by atoms with van der Waals surface area (Å²) in [6, 6.07) is 8.09. The number of aliphatic carboxylic acids is 1. The minimum absolute atomic E-state index is 0.185. The van der Waals surface area contributed by atoms with E-state index in [1.54, 1.807) is 25.1 Å². The molecule has 0 spiro atoms. The Balaban J connectivity index is 2.72. The third-order valence-corrected chi connectivity index (χ3v) is 4.62. The molecule has 0 bridgehead atoms. The van der Waals surface area contributed by atoms with Crippen LogP contribution >= 0.6 is 0 Å². The number of carboxylic acids is 1. The lowest BCUT2D eigenvalue weighted by atomic mass is 10.1. The first-order valence-corrected chi connectivity index (χ1v) is 7.04. The van der Waals surface area contributed by atoms with Gasteiger partial charge in [-0.25, -0.2) is 12.7 Å². The first-order valence-electron chi connectivity index (χ1n) is 5.60. The minimum atomic E-state index is -3.52. The Labute approximate surface area is 107 Å². The molecule has 1 atom stereocenters. The van der Waals surface area contributed by atoms with Crippen LogP contribution < -0.4 is 0 Å². The van der Waals surface area contributed by atoms with E-state index in [2.05, 4.69) is 0 Å². The van der Waals surface area contributed by atoms with E-state index in [0.29, 0.717) is 0 Å². The molecule has 6 heteroatoms. The average molecular weight is 271 g/mol. The largest absolute Gasteiger partial charge is 0.481 e. The lowest BCUT2D eigenvalue weighted by Gasteiger charge is -2.18. The van der Waals surface area contributed by atoms with E-state index in [9.17, 15) is 13.2 Å². The predicted octanol–water partition coefficient (Wildman–Crippen LogP) is 1.42. The molecule has 0 fully saturated rings. The van der Waals surface area contributed by atoms with Gasteiger partial charge in [-0.1, -0.05) is 25.1 Å². The second-order valence-electron chi connectivity index (χ2n) is 4.17. The van der Waals surface area contributed by atoms with Crippen LogP contribution in [-0.2, 0) is 14.8 Å². The van der Waals surface area contributed by atoms with Crippen molar-refractivity contribution in [1.82, 2.24) is 4.31 Å². The summed E-state index contributed by atoms with van der Waals surface area (Å²) < 4.78 is 25.4. The summed E-state index contributed by atoms with van der Waals surface area (Å²) in [5.74, 6) is -1.47. The first kappa shape index (κ1) is 14.7. The molecule has 1 rings (SSSR count). The van der Waals surface area contributed by atoms with Gasteiger partial charge in [-0.15, -0.1) is 0 Å². The van der Waals surface area contributed by atoms with Crippen LogP contribution in [0.15, 0.2) is 35.2 Å². The number of hydrogen-bond donors (Lipinski definition) is 1. The van der Waals surface area contributed by atoms with Crippen molar-refractivity contribution in [3.05, 3.63) is 30.3 Å². The third kappa shape index (κ3) is 3.54. The number of rotatable bonds is 6. The minimum Gasteiger partial charge on any atom is -0.481 e. The molecule has 0 aromatic heterocycles. The summed E-state index contributed by atoms with van der Waals surface area (Å²) in [4.78, 5) is 10.9. The lowest BCUT2D eigenvalue weighted by Crippen LogP contribution is -2.29. The van der Waals surface area contributed by atoms with Crippen molar-refractivity contribution in [2.45, 2.75) is 18.2 Å². The van der Waals surface area contributed by atoms with Crippen LogP contribution in [-0.4, -0.2) is 37.4 Å². The Morgan fingerprint density at radius 3 is 2.39 bits per heavy atom. The second kappa shape index (κ2) is 5.97. The van der Waals surface area contributed by atoms with E-state index >= 15 is 0 Å². The van der Waals surface area contributed by atoms with E-state index in [1.807, 2.05) is 0 Å². The Bertz CT molecular complexity index is 498. The molecule has 0 heterocycles. The average Bonchev–Trinajstić information content (AvgIpc) is 2.36. The van der Waals surface area contributed by atoms with Gasteiger partial charge < -0.3 is 5.11 Å². The summed E-state index contributed by atoms with van der Waals surface area (Å²) in [5.41, 5.74) is 0. The molecule has 0 aliphatic heterocycles. The second-order valence-corrected chi connectivity index (χ2v) is 6.21. The number of nitrogens with zero attached hydrogens (tertiary/aromatic N) is 1. The molecule has 18 heavy (non-hydrogen) atoms. The Hall–Kier alpha value is -1.40. The topological polar surface area (TPSA) is 74.7 Å². The standard InChI is InChI=1S/C12H17NO4S/c1-10(12(14)15)8-9-13(2)18(16,17)11-6-4-3-5-7-11/h3-7,10H,8-9H2,1-2H3,(H,14,15)/t10-/m1/s1. The van der Waals surface area contributed by atoms with Gasteiger partial charge in [0.2, 0.25) is 10.0 Å². The fourth-order valence-electron chi connectivity index (χ4n) is 1.39. The van der Waals surface area contributed by atoms with Crippen molar-refractivity contribution in [3.8, 4) is 0 Å². The SMILES string of the molecule is C[C@H](CCN(C)S(=O)(=O)c1ccccc1)C(=O)O. The summed E-state index contributed by atoms with van der Waals surface area (Å²) >= 11 is 0. The molecular weight excluding hydrogens is 254 g/mol. The van der Waals surface area contributed by atoms with Crippen molar-refractivity contribution < 1.29 is 18.3 Å². The van der Waals surface area contributed by atoms with Gasteiger partial charge in [0.1, 0.15) is 0 Å². The Kier molecular flexibility index (Phi) is 4.86. The van der Waals surface area contributed by atoms with Crippen LogP contribution in [0.25, 0.3) is 0 Å². The molecule has 0 aliphatic rings. The van der Waals surface area contributed by atoms with E-state index in [1.165, 1.54) is 23.5 Å². The summed E-state index contributed by atoms with van der Waals surface area (Å²) in [6.45, 7) is 1.75. The normalized spacial score (nSPS) is 13.5. The van der Waals surface area contributed by atoms with E-state index < -0.39 is 21.9 Å². The zero-order chi connectivity index (χ0) is 13.8. The van der Waals surface area contributed by atoms with Crippen molar-refractivity contribution in [3.63, 3.8) is 0 Å². The number of benzene rings is 1. The van der Waals surface area contributed by atoms with Crippen LogP contribution in [0, 0.1) is 5.92 Å². The highest BCUT2D eigenvalue weighted by Crippen LogP contribution is 2.14. The van der Waals surface area contributed by atoms with Crippen LogP contribution in [0.5, 0.6) is 0 Å². The van der Waals surface area contributed by atoms with Crippen molar-refractivity contribution in [2.24, 2.45) is 5.92 Å². The van der Waals surface area contributed by atoms with Crippen molar-refractivity contribution >= 4 is 16.0 Å². The molecule has 0 amide bonds. The summed E-state index contributed by atoms with van der Waals surface area (Å²) in [5, 5.41) is 8.75. The van der Waals surface area contributed by atoms with Gasteiger partial charge in [-0.3, -0.25) is 4.79 Å². The van der Waals surface area contributed by atoms with E-state index in [4.69, 9.17) is 5.11 Å². The molecule has 0 unspecified atom stereocenters. The number of hydrogen-bond acceptors (Lipinski definition) is 3. The highest BCUT2D eigenvalue weighted by molar-refractivity contribution is 7.89. The summed E-state index contributed by atoms with van der Waals surface area (Å²) in [6.07, 6.45) is 0.290. The quantitative estimate of drug-likeness (QED) is 0.849. The zero-order valence-electron chi connectivity index (χ0n) is 10.4. The molecule has 0 aliphatic carbocycles. The van der Waals surface area contributed by atoms with Crippen LogP contribution in [0.3, 0.4) is 0 Å². The number of sulfonamides is 1. The maximum atomic E-state index is 12.1. The van der Waals surface area contributed by atoms with E-state index in [-0.39, 0.29) is 17.9 Å². The van der Waals surface area contributed by atoms with Crippen LogP contribution in [0.2, 0.25) is 0 Å². The molecule has 1 aromatic carbocycles. The number of carbonyl (C=O) groups is 1. The maximum Gasteiger partial charge on any atom is 0.306 e. The molecule has 0 saturated carbocycles. The first-order chi connectivity index (χ1) is 8.35. The molecule has 0 saturated heterocycles. The Morgan fingerprint density at radius 2 is 1.89 bits per heavy atom. The van der Waals surface area contributed by atoms with Gasteiger partial charge in [-0.2, -0.15) is 0 Å². The predicted molar refractivity (Wildman–Crippen MR) is 67.7 cm³/mol. The Morgan fingerprint density at radius 1 is 1.33 bits per heavy atom. The summed E-state index contributed by atoms with van der Waals surface area (Å²) in [7, 11) is -2.06. The molecule has 0 radical (unpaired) electrons. The molecule has 100 valence electrons. The van der Waals surface area contributed by atoms with Gasteiger partial charge in [0, 0.05) is 13.6 Å². The molecular formula is C12H17NO4S. The van der Waals surface area contributed by atoms with Crippen LogP contribution in [0.4, 0.5) is 0 Å². The van der Waals surface area contributed by atoms with Gasteiger partial charge in [0.25, 0.3) is 0 Å².